The van der Waals surface area contributed by atoms with E-state index in [-0.39, 0.29) is 5.91 Å². The highest BCUT2D eigenvalue weighted by molar-refractivity contribution is 6.01. The summed E-state index contributed by atoms with van der Waals surface area (Å²) in [7, 11) is 4.83. The van der Waals surface area contributed by atoms with Gasteiger partial charge in [-0.15, -0.1) is 0 Å². The van der Waals surface area contributed by atoms with Crippen molar-refractivity contribution in [2.75, 3.05) is 19.5 Å². The normalized spacial score (nSPS) is 11.5. The average molecular weight is 562 g/mol. The first kappa shape index (κ1) is 28.1. The van der Waals surface area contributed by atoms with E-state index in [0.29, 0.717) is 22.9 Å². The molecule has 0 aliphatic carbocycles. The number of ether oxygens (including phenoxy) is 2. The third-order valence-corrected chi connectivity index (χ3v) is 7.03. The van der Waals surface area contributed by atoms with Crippen molar-refractivity contribution in [2.24, 2.45) is 7.05 Å². The number of nitrogens with one attached hydrogen (secondary N) is 2. The van der Waals surface area contributed by atoms with Crippen LogP contribution in [0.3, 0.4) is 0 Å². The molecule has 5 rings (SSSR count). The predicted octanol–water partition coefficient (Wildman–Crippen LogP) is 5.07. The monoisotopic (exact) mass is 561 g/mol. The van der Waals surface area contributed by atoms with E-state index in [0.717, 1.165) is 22.3 Å². The second kappa shape index (κ2) is 12.8. The van der Waals surface area contributed by atoms with E-state index < -0.39 is 17.9 Å². The number of benzene rings is 3. The van der Waals surface area contributed by atoms with Gasteiger partial charge in [-0.2, -0.15) is 5.10 Å². The molecule has 5 aromatic rings. The first-order valence-corrected chi connectivity index (χ1v) is 13.4. The van der Waals surface area contributed by atoms with E-state index in [1.54, 1.807) is 58.1 Å². The van der Waals surface area contributed by atoms with Gasteiger partial charge in [0.25, 0.3) is 5.91 Å². The number of amides is 2. The van der Waals surface area contributed by atoms with Gasteiger partial charge in [0.1, 0.15) is 23.2 Å². The van der Waals surface area contributed by atoms with Crippen molar-refractivity contribution in [1.29, 1.82) is 0 Å². The minimum absolute atomic E-state index is 0.345. The molecular formula is C33H31N5O4. The van der Waals surface area contributed by atoms with E-state index >= 15 is 0 Å². The molecule has 0 bridgehead atoms. The summed E-state index contributed by atoms with van der Waals surface area (Å²) < 4.78 is 12.5. The predicted molar refractivity (Wildman–Crippen MR) is 161 cm³/mol. The van der Waals surface area contributed by atoms with E-state index in [1.807, 2.05) is 72.8 Å². The second-order valence-corrected chi connectivity index (χ2v) is 9.58. The van der Waals surface area contributed by atoms with Crippen molar-refractivity contribution >= 4 is 17.5 Å². The van der Waals surface area contributed by atoms with Crippen LogP contribution in [0.2, 0.25) is 0 Å². The van der Waals surface area contributed by atoms with Crippen LogP contribution in [0.4, 0.5) is 5.69 Å². The molecule has 212 valence electrons. The molecule has 1 atom stereocenters. The zero-order chi connectivity index (χ0) is 29.5. The molecule has 0 aliphatic heterocycles. The molecule has 0 saturated heterocycles. The largest absolute Gasteiger partial charge is 0.494 e. The highest BCUT2D eigenvalue weighted by Gasteiger charge is 2.33. The summed E-state index contributed by atoms with van der Waals surface area (Å²) >= 11 is 0. The topological polar surface area (TPSA) is 107 Å². The van der Waals surface area contributed by atoms with Crippen LogP contribution in [-0.2, 0) is 11.8 Å². The standard InChI is InChI=1S/C33H31N5O4/c1-38-26(18-19-35-38)32(39)37-31(29(22-10-6-4-7-11-22)23-12-8-5-9-13-23)33(40)36-25-16-14-24(15-17-25)30-27(41-2)20-34-21-28(30)42-3/h4-21,29,31H,1-3H3,(H,36,40)(H,37,39). The van der Waals surface area contributed by atoms with Gasteiger partial charge in [-0.3, -0.25) is 19.3 Å². The summed E-state index contributed by atoms with van der Waals surface area (Å²) in [4.78, 5) is 31.6. The Morgan fingerprint density at radius 1 is 0.786 bits per heavy atom. The lowest BCUT2D eigenvalue weighted by Gasteiger charge is -2.28. The van der Waals surface area contributed by atoms with Crippen LogP contribution in [0.15, 0.2) is 110 Å². The van der Waals surface area contributed by atoms with Crippen LogP contribution in [0.5, 0.6) is 11.5 Å². The van der Waals surface area contributed by atoms with E-state index in [1.165, 1.54) is 4.68 Å². The van der Waals surface area contributed by atoms with Gasteiger partial charge in [0.05, 0.1) is 32.2 Å². The quantitative estimate of drug-likeness (QED) is 0.247. The highest BCUT2D eigenvalue weighted by atomic mass is 16.5. The van der Waals surface area contributed by atoms with Crippen molar-refractivity contribution in [2.45, 2.75) is 12.0 Å². The molecule has 3 aromatic carbocycles. The van der Waals surface area contributed by atoms with Gasteiger partial charge in [-0.1, -0.05) is 72.8 Å². The maximum absolute atomic E-state index is 14.1. The first-order chi connectivity index (χ1) is 20.5. The fourth-order valence-corrected chi connectivity index (χ4v) is 4.97. The zero-order valence-corrected chi connectivity index (χ0v) is 23.5. The van der Waals surface area contributed by atoms with Crippen molar-refractivity contribution in [3.63, 3.8) is 0 Å². The maximum atomic E-state index is 14.1. The number of hydrogen-bond donors (Lipinski definition) is 2. The van der Waals surface area contributed by atoms with E-state index in [4.69, 9.17) is 9.47 Å². The Labute approximate surface area is 244 Å². The summed E-state index contributed by atoms with van der Waals surface area (Å²) in [6, 6.07) is 27.3. The molecule has 2 aromatic heterocycles. The van der Waals surface area contributed by atoms with Gasteiger partial charge in [-0.25, -0.2) is 0 Å². The molecule has 0 saturated carbocycles. The summed E-state index contributed by atoms with van der Waals surface area (Å²) in [6.07, 6.45) is 4.79. The fraction of sp³-hybridized carbons (Fsp3) is 0.152. The van der Waals surface area contributed by atoms with Crippen molar-refractivity contribution in [3.8, 4) is 22.6 Å². The number of carbonyl (C=O) groups is 2. The molecule has 9 nitrogen and oxygen atoms in total. The van der Waals surface area contributed by atoms with Crippen LogP contribution in [-0.4, -0.2) is 46.8 Å². The van der Waals surface area contributed by atoms with Gasteiger partial charge in [0, 0.05) is 24.8 Å². The lowest BCUT2D eigenvalue weighted by molar-refractivity contribution is -0.118. The number of pyridine rings is 1. The smallest absolute Gasteiger partial charge is 0.270 e. The third kappa shape index (κ3) is 6.00. The SMILES string of the molecule is COc1cncc(OC)c1-c1ccc(NC(=O)C(NC(=O)c2ccnn2C)C(c2ccccc2)c2ccccc2)cc1. The molecule has 1 unspecified atom stereocenters. The first-order valence-electron chi connectivity index (χ1n) is 13.4. The Morgan fingerprint density at radius 3 is 1.86 bits per heavy atom. The Hall–Kier alpha value is -5.44. The number of rotatable bonds is 10. The number of carbonyl (C=O) groups excluding carboxylic acids is 2. The molecule has 0 fully saturated rings. The molecule has 0 radical (unpaired) electrons. The number of hydrogen-bond acceptors (Lipinski definition) is 6. The third-order valence-electron chi connectivity index (χ3n) is 7.03. The Morgan fingerprint density at radius 2 is 1.36 bits per heavy atom. The minimum atomic E-state index is -0.947. The summed E-state index contributed by atoms with van der Waals surface area (Å²) in [5, 5.41) is 10.1. The van der Waals surface area contributed by atoms with Crippen molar-refractivity contribution < 1.29 is 19.1 Å². The van der Waals surface area contributed by atoms with Crippen LogP contribution in [0, 0.1) is 0 Å². The van der Waals surface area contributed by atoms with Crippen molar-refractivity contribution in [1.82, 2.24) is 20.1 Å². The molecule has 42 heavy (non-hydrogen) atoms. The highest BCUT2D eigenvalue weighted by Crippen LogP contribution is 2.38. The number of nitrogens with zero attached hydrogens (tertiary/aromatic N) is 3. The lowest BCUT2D eigenvalue weighted by Crippen LogP contribution is -2.48. The lowest BCUT2D eigenvalue weighted by atomic mass is 9.84. The van der Waals surface area contributed by atoms with Crippen molar-refractivity contribution in [3.05, 3.63) is 126 Å². The van der Waals surface area contributed by atoms with E-state index in [2.05, 4.69) is 20.7 Å². The number of aryl methyl sites for hydroxylation is 1. The molecule has 9 heteroatoms. The summed E-state index contributed by atoms with van der Waals surface area (Å²) in [6.45, 7) is 0. The van der Waals surface area contributed by atoms with Crippen LogP contribution < -0.4 is 20.1 Å². The number of anilines is 1. The molecule has 0 spiro atoms. The summed E-state index contributed by atoms with van der Waals surface area (Å²) in [5.41, 5.74) is 4.27. The second-order valence-electron chi connectivity index (χ2n) is 9.58. The van der Waals surface area contributed by atoms with E-state index in [9.17, 15) is 9.59 Å². The molecule has 2 N–H and O–H groups in total. The van der Waals surface area contributed by atoms with Gasteiger partial charge in [-0.05, 0) is 34.9 Å². The average Bonchev–Trinajstić information content (AvgIpc) is 3.47. The van der Waals surface area contributed by atoms with Crippen LogP contribution >= 0.6 is 0 Å². The maximum Gasteiger partial charge on any atom is 0.270 e. The minimum Gasteiger partial charge on any atom is -0.494 e. The van der Waals surface area contributed by atoms with Gasteiger partial charge < -0.3 is 20.1 Å². The number of methoxy groups -OCH3 is 2. The molecule has 2 heterocycles. The Kier molecular flexibility index (Phi) is 8.58. The van der Waals surface area contributed by atoms with Crippen LogP contribution in [0.25, 0.3) is 11.1 Å². The van der Waals surface area contributed by atoms with Crippen LogP contribution in [0.1, 0.15) is 27.5 Å². The van der Waals surface area contributed by atoms with Gasteiger partial charge >= 0.3 is 0 Å². The zero-order valence-electron chi connectivity index (χ0n) is 23.5. The molecule has 0 aliphatic rings. The van der Waals surface area contributed by atoms with Gasteiger partial charge in [0.2, 0.25) is 5.91 Å². The Balaban J connectivity index is 1.49. The number of aromatic nitrogens is 3. The molecule has 2 amide bonds. The molecular weight excluding hydrogens is 530 g/mol. The fourth-order valence-electron chi connectivity index (χ4n) is 4.97. The summed E-state index contributed by atoms with van der Waals surface area (Å²) in [5.74, 6) is -0.0984. The Bertz CT molecular complexity index is 1590. The van der Waals surface area contributed by atoms with Gasteiger partial charge in [0.15, 0.2) is 0 Å².